The topological polar surface area (TPSA) is 25.8 Å². The highest BCUT2D eigenvalue weighted by molar-refractivity contribution is 9.10. The van der Waals surface area contributed by atoms with E-state index in [1.807, 2.05) is 12.1 Å². The smallest absolute Gasteiger partial charge is 0.119 e. The second kappa shape index (κ2) is 2.95. The number of hydrogen-bond donors (Lipinski definition) is 0. The van der Waals surface area contributed by atoms with E-state index >= 15 is 0 Å². The molecule has 0 saturated carbocycles. The summed E-state index contributed by atoms with van der Waals surface area (Å²) in [7, 11) is 0. The summed E-state index contributed by atoms with van der Waals surface area (Å²) in [6, 6.07) is 3.93. The van der Waals surface area contributed by atoms with Crippen LogP contribution in [0.3, 0.4) is 0 Å². The number of halogens is 1. The Hall–Kier alpha value is -0.740. The van der Waals surface area contributed by atoms with Crippen LogP contribution in [-0.2, 0) is 0 Å². The fraction of sp³-hybridized carbons (Fsp3) is 0. The third-order valence-corrected chi connectivity index (χ3v) is 2.79. The minimum Gasteiger partial charge on any atom is -0.172 e. The van der Waals surface area contributed by atoms with E-state index in [1.165, 1.54) is 11.7 Å². The molecule has 4 heteroatoms. The van der Waals surface area contributed by atoms with E-state index in [0.29, 0.717) is 0 Å². The maximum Gasteiger partial charge on any atom is 0.119 e. The predicted molar refractivity (Wildman–Crippen MR) is 55.2 cm³/mol. The van der Waals surface area contributed by atoms with Gasteiger partial charge in [-0.3, -0.25) is 0 Å². The lowest BCUT2D eigenvalue weighted by atomic mass is 10.2. The quantitative estimate of drug-likeness (QED) is 0.766. The molecule has 0 aliphatic rings. The monoisotopic (exact) mass is 240 g/mol. The van der Waals surface area contributed by atoms with Gasteiger partial charge in [0.2, 0.25) is 0 Å². The first-order chi connectivity index (χ1) is 5.83. The average molecular weight is 241 g/mol. The first-order valence-corrected chi connectivity index (χ1v) is 4.88. The zero-order valence-corrected chi connectivity index (χ0v) is 8.52. The number of rotatable bonds is 1. The van der Waals surface area contributed by atoms with Gasteiger partial charge in [0.1, 0.15) is 11.0 Å². The van der Waals surface area contributed by atoms with E-state index in [4.69, 9.17) is 0 Å². The minimum atomic E-state index is 0.914. The fourth-order valence-electron chi connectivity index (χ4n) is 1.02. The van der Waals surface area contributed by atoms with Crippen LogP contribution in [-0.4, -0.2) is 8.75 Å². The Balaban J connectivity index is 2.91. The molecule has 0 amide bonds. The van der Waals surface area contributed by atoms with E-state index < -0.39 is 0 Å². The van der Waals surface area contributed by atoms with Crippen LogP contribution in [0, 0.1) is 0 Å². The third kappa shape index (κ3) is 1.07. The number of nitrogens with zero attached hydrogens (tertiary/aromatic N) is 2. The Morgan fingerprint density at radius 3 is 2.83 bits per heavy atom. The summed E-state index contributed by atoms with van der Waals surface area (Å²) in [6.07, 6.45) is 1.79. The van der Waals surface area contributed by atoms with Crippen molar-refractivity contribution in [2.24, 2.45) is 0 Å². The largest absolute Gasteiger partial charge is 0.172 e. The van der Waals surface area contributed by atoms with Crippen molar-refractivity contribution in [1.82, 2.24) is 8.75 Å². The van der Waals surface area contributed by atoms with E-state index in [-0.39, 0.29) is 0 Å². The molecule has 12 heavy (non-hydrogen) atoms. The molecular formula is C8H5BrN2S. The Labute approximate surface area is 82.4 Å². The van der Waals surface area contributed by atoms with Crippen LogP contribution in [0.2, 0.25) is 0 Å². The van der Waals surface area contributed by atoms with Crippen LogP contribution in [0.5, 0.6) is 0 Å². The van der Waals surface area contributed by atoms with Gasteiger partial charge in [-0.05, 0) is 22.0 Å². The number of fused-ring (bicyclic) bond motifs is 1. The molecule has 2 aromatic rings. The molecule has 0 fully saturated rings. The zero-order chi connectivity index (χ0) is 8.55. The standard InChI is InChI=1S/C8H5BrN2S/c1-2-5-3-4-6(9)8-7(5)10-12-11-8/h2-4H,1H2. The van der Waals surface area contributed by atoms with Gasteiger partial charge >= 0.3 is 0 Å². The molecule has 0 aliphatic carbocycles. The lowest BCUT2D eigenvalue weighted by Gasteiger charge is -1.94. The van der Waals surface area contributed by atoms with E-state index in [1.54, 1.807) is 6.08 Å². The van der Waals surface area contributed by atoms with Gasteiger partial charge in [-0.2, -0.15) is 8.75 Å². The second-order valence-electron chi connectivity index (χ2n) is 2.30. The molecule has 0 atom stereocenters. The van der Waals surface area contributed by atoms with Gasteiger partial charge in [0, 0.05) is 10.0 Å². The number of hydrogen-bond acceptors (Lipinski definition) is 3. The van der Waals surface area contributed by atoms with Crippen LogP contribution < -0.4 is 0 Å². The van der Waals surface area contributed by atoms with Crippen molar-refractivity contribution in [2.75, 3.05) is 0 Å². The van der Waals surface area contributed by atoms with Gasteiger partial charge in [-0.15, -0.1) is 0 Å². The van der Waals surface area contributed by atoms with Gasteiger partial charge in [-0.25, -0.2) is 0 Å². The van der Waals surface area contributed by atoms with Gasteiger partial charge in [0.15, 0.2) is 0 Å². The van der Waals surface area contributed by atoms with Crippen LogP contribution in [0.15, 0.2) is 23.2 Å². The van der Waals surface area contributed by atoms with Gasteiger partial charge in [-0.1, -0.05) is 18.7 Å². The molecule has 1 heterocycles. The molecular weight excluding hydrogens is 236 g/mol. The van der Waals surface area contributed by atoms with E-state index in [0.717, 1.165) is 21.1 Å². The van der Waals surface area contributed by atoms with Crippen molar-refractivity contribution < 1.29 is 0 Å². The lowest BCUT2D eigenvalue weighted by Crippen LogP contribution is -1.77. The first kappa shape index (κ1) is 7.89. The molecule has 60 valence electrons. The highest BCUT2D eigenvalue weighted by Gasteiger charge is 2.05. The first-order valence-electron chi connectivity index (χ1n) is 3.36. The van der Waals surface area contributed by atoms with Gasteiger partial charge in [0.05, 0.1) is 11.7 Å². The highest BCUT2D eigenvalue weighted by Crippen LogP contribution is 2.25. The molecule has 0 radical (unpaired) electrons. The van der Waals surface area contributed by atoms with Crippen LogP contribution >= 0.6 is 27.7 Å². The van der Waals surface area contributed by atoms with Gasteiger partial charge in [0.25, 0.3) is 0 Å². The van der Waals surface area contributed by atoms with E-state index in [9.17, 15) is 0 Å². The normalized spacial score (nSPS) is 10.4. The molecule has 0 unspecified atom stereocenters. The summed E-state index contributed by atoms with van der Waals surface area (Å²) in [4.78, 5) is 0. The van der Waals surface area contributed by atoms with Crippen LogP contribution in [0.1, 0.15) is 5.56 Å². The molecule has 1 aromatic carbocycles. The van der Waals surface area contributed by atoms with Crippen molar-refractivity contribution in [3.63, 3.8) is 0 Å². The summed E-state index contributed by atoms with van der Waals surface area (Å²) in [6.45, 7) is 3.71. The van der Waals surface area contributed by atoms with Crippen molar-refractivity contribution in [1.29, 1.82) is 0 Å². The molecule has 0 aliphatic heterocycles. The van der Waals surface area contributed by atoms with Crippen molar-refractivity contribution in [3.05, 3.63) is 28.7 Å². The molecule has 0 saturated heterocycles. The van der Waals surface area contributed by atoms with Crippen molar-refractivity contribution >= 4 is 44.8 Å². The van der Waals surface area contributed by atoms with Crippen LogP contribution in [0.25, 0.3) is 17.1 Å². The Bertz CT molecular complexity index is 436. The molecule has 2 nitrogen and oxygen atoms in total. The fourth-order valence-corrected chi connectivity index (χ4v) is 2.13. The summed E-state index contributed by atoms with van der Waals surface area (Å²) >= 11 is 4.63. The predicted octanol–water partition coefficient (Wildman–Crippen LogP) is 3.10. The SMILES string of the molecule is C=Cc1ccc(Br)c2nsnc12. The summed E-state index contributed by atoms with van der Waals surface area (Å²) in [5, 5.41) is 0. The summed E-state index contributed by atoms with van der Waals surface area (Å²) < 4.78 is 9.33. The van der Waals surface area contributed by atoms with Crippen molar-refractivity contribution in [2.45, 2.75) is 0 Å². The third-order valence-electron chi connectivity index (χ3n) is 1.62. The number of benzene rings is 1. The molecule has 0 N–H and O–H groups in total. The molecule has 0 spiro atoms. The second-order valence-corrected chi connectivity index (χ2v) is 3.68. The Morgan fingerprint density at radius 2 is 2.08 bits per heavy atom. The zero-order valence-electron chi connectivity index (χ0n) is 6.12. The molecule has 2 rings (SSSR count). The number of aromatic nitrogens is 2. The maximum atomic E-state index is 4.18. The van der Waals surface area contributed by atoms with Crippen LogP contribution in [0.4, 0.5) is 0 Å². The summed E-state index contributed by atoms with van der Waals surface area (Å²) in [5.74, 6) is 0. The van der Waals surface area contributed by atoms with Gasteiger partial charge < -0.3 is 0 Å². The van der Waals surface area contributed by atoms with E-state index in [2.05, 4.69) is 31.3 Å². The minimum absolute atomic E-state index is 0.914. The average Bonchev–Trinajstić information content (AvgIpc) is 2.54. The highest BCUT2D eigenvalue weighted by atomic mass is 79.9. The molecule has 1 aromatic heterocycles. The molecule has 0 bridgehead atoms. The summed E-state index contributed by atoms with van der Waals surface area (Å²) in [5.41, 5.74) is 2.86. The lowest BCUT2D eigenvalue weighted by molar-refractivity contribution is 1.59. The van der Waals surface area contributed by atoms with Crippen molar-refractivity contribution in [3.8, 4) is 0 Å². The Kier molecular flexibility index (Phi) is 1.94. The Morgan fingerprint density at radius 1 is 1.33 bits per heavy atom. The maximum absolute atomic E-state index is 4.18.